The van der Waals surface area contributed by atoms with Crippen LogP contribution in [0.25, 0.3) is 0 Å². The van der Waals surface area contributed by atoms with E-state index in [1.54, 1.807) is 0 Å². The maximum Gasteiger partial charge on any atom is 0.231 e. The minimum atomic E-state index is 0.0124. The summed E-state index contributed by atoms with van der Waals surface area (Å²) in [6.45, 7) is 0.259. The van der Waals surface area contributed by atoms with Crippen molar-refractivity contribution in [2.75, 3.05) is 12.1 Å². The molecule has 1 aromatic carbocycles. The zero-order chi connectivity index (χ0) is 16.1. The van der Waals surface area contributed by atoms with Crippen molar-refractivity contribution in [2.24, 2.45) is 0 Å². The predicted molar refractivity (Wildman–Crippen MR) is 87.4 cm³/mol. The average molecular weight is 325 g/mol. The number of nitrogens with one attached hydrogen (secondary N) is 1. The van der Waals surface area contributed by atoms with Crippen LogP contribution < -0.4 is 14.8 Å². The van der Waals surface area contributed by atoms with Gasteiger partial charge in [0.25, 0.3) is 0 Å². The fraction of sp³-hybridized carbons (Fsp3) is 0.444. The summed E-state index contributed by atoms with van der Waals surface area (Å²) in [6, 6.07) is 6.34. The third-order valence-electron chi connectivity index (χ3n) is 5.32. The lowest BCUT2D eigenvalue weighted by molar-refractivity contribution is -0.116. The molecule has 0 bridgehead atoms. The monoisotopic (exact) mass is 325 g/mol. The number of benzene rings is 1. The third kappa shape index (κ3) is 2.09. The Balaban J connectivity index is 1.56. The third-order valence-corrected chi connectivity index (χ3v) is 5.32. The van der Waals surface area contributed by atoms with Crippen molar-refractivity contribution in [3.8, 4) is 11.5 Å². The standard InChI is InChI=1S/C18H19N3O3/c22-17-8-13(11-5-6-15-16(7-11)24-10-23-15)14-9-19-21(18(14)20-17)12-3-1-2-4-12/h5-7,9,12-13H,1-4,8,10H2,(H,20,22)/t13-/m1/s1. The molecule has 6 nitrogen and oxygen atoms in total. The largest absolute Gasteiger partial charge is 0.454 e. The molecule has 1 saturated carbocycles. The van der Waals surface area contributed by atoms with Crippen molar-refractivity contribution in [1.82, 2.24) is 9.78 Å². The highest BCUT2D eigenvalue weighted by Crippen LogP contribution is 2.43. The van der Waals surface area contributed by atoms with Gasteiger partial charge in [-0.2, -0.15) is 5.10 Å². The van der Waals surface area contributed by atoms with Crippen LogP contribution in [0.1, 0.15) is 55.2 Å². The lowest BCUT2D eigenvalue weighted by atomic mass is 9.87. The molecule has 1 atom stereocenters. The van der Waals surface area contributed by atoms with Crippen LogP contribution in [-0.4, -0.2) is 22.5 Å². The van der Waals surface area contributed by atoms with E-state index < -0.39 is 0 Å². The van der Waals surface area contributed by atoms with Crippen LogP contribution in [0.5, 0.6) is 11.5 Å². The summed E-state index contributed by atoms with van der Waals surface area (Å²) < 4.78 is 12.9. The minimum Gasteiger partial charge on any atom is -0.454 e. The maximum atomic E-state index is 12.3. The van der Waals surface area contributed by atoms with E-state index in [2.05, 4.69) is 10.4 Å². The molecule has 3 heterocycles. The summed E-state index contributed by atoms with van der Waals surface area (Å²) in [4.78, 5) is 12.3. The van der Waals surface area contributed by atoms with Crippen LogP contribution in [0.3, 0.4) is 0 Å². The first-order valence-corrected chi connectivity index (χ1v) is 8.56. The maximum absolute atomic E-state index is 12.3. The van der Waals surface area contributed by atoms with E-state index in [4.69, 9.17) is 9.47 Å². The Morgan fingerprint density at radius 2 is 2.00 bits per heavy atom. The molecule has 124 valence electrons. The molecular weight excluding hydrogens is 306 g/mol. The van der Waals surface area contributed by atoms with Crippen LogP contribution in [0.15, 0.2) is 24.4 Å². The van der Waals surface area contributed by atoms with Gasteiger partial charge < -0.3 is 14.8 Å². The highest BCUT2D eigenvalue weighted by atomic mass is 16.7. The lowest BCUT2D eigenvalue weighted by Gasteiger charge is -2.25. The molecule has 2 aliphatic heterocycles. The number of nitrogens with zero attached hydrogens (tertiary/aromatic N) is 2. The summed E-state index contributed by atoms with van der Waals surface area (Å²) >= 11 is 0. The number of amides is 1. The van der Waals surface area contributed by atoms with Crippen LogP contribution in [0.2, 0.25) is 0 Å². The number of fused-ring (bicyclic) bond motifs is 2. The number of rotatable bonds is 2. The van der Waals surface area contributed by atoms with Gasteiger partial charge in [-0.1, -0.05) is 18.9 Å². The average Bonchev–Trinajstić information content (AvgIpc) is 3.32. The first-order chi connectivity index (χ1) is 11.8. The Morgan fingerprint density at radius 3 is 2.88 bits per heavy atom. The van der Waals surface area contributed by atoms with Gasteiger partial charge in [0.1, 0.15) is 5.82 Å². The first kappa shape index (κ1) is 13.9. The molecule has 1 amide bonds. The molecule has 5 rings (SSSR count). The molecule has 0 spiro atoms. The summed E-state index contributed by atoms with van der Waals surface area (Å²) in [7, 11) is 0. The Labute approximate surface area is 139 Å². The topological polar surface area (TPSA) is 65.4 Å². The van der Waals surface area contributed by atoms with E-state index in [9.17, 15) is 4.79 Å². The summed E-state index contributed by atoms with van der Waals surface area (Å²) in [6.07, 6.45) is 7.10. The number of carbonyl (C=O) groups excluding carboxylic acids is 1. The second-order valence-electron chi connectivity index (χ2n) is 6.75. The van der Waals surface area contributed by atoms with Gasteiger partial charge in [-0.25, -0.2) is 4.68 Å². The first-order valence-electron chi connectivity index (χ1n) is 8.56. The highest BCUT2D eigenvalue weighted by Gasteiger charge is 2.33. The molecule has 3 aliphatic rings. The van der Waals surface area contributed by atoms with Gasteiger partial charge in [0, 0.05) is 17.9 Å². The van der Waals surface area contributed by atoms with Gasteiger partial charge in [-0.3, -0.25) is 4.79 Å². The number of hydrogen-bond donors (Lipinski definition) is 1. The highest BCUT2D eigenvalue weighted by molar-refractivity contribution is 5.94. The second-order valence-corrected chi connectivity index (χ2v) is 6.75. The second kappa shape index (κ2) is 5.26. The van der Waals surface area contributed by atoms with Crippen LogP contribution in [0, 0.1) is 0 Å². The quantitative estimate of drug-likeness (QED) is 0.921. The van der Waals surface area contributed by atoms with E-state index >= 15 is 0 Å². The molecule has 1 aliphatic carbocycles. The van der Waals surface area contributed by atoms with E-state index in [1.807, 2.05) is 29.1 Å². The molecule has 1 fully saturated rings. The number of hydrogen-bond acceptors (Lipinski definition) is 4. The Morgan fingerprint density at radius 1 is 1.17 bits per heavy atom. The van der Waals surface area contributed by atoms with Crippen LogP contribution in [0.4, 0.5) is 5.82 Å². The van der Waals surface area contributed by atoms with Gasteiger partial charge in [-0.15, -0.1) is 0 Å². The summed E-state index contributed by atoms with van der Waals surface area (Å²) in [5, 5.41) is 7.65. The zero-order valence-corrected chi connectivity index (χ0v) is 13.3. The molecular formula is C18H19N3O3. The Bertz CT molecular complexity index is 808. The Kier molecular flexibility index (Phi) is 3.04. The van der Waals surface area contributed by atoms with Crippen LogP contribution in [-0.2, 0) is 4.79 Å². The molecule has 24 heavy (non-hydrogen) atoms. The van der Waals surface area contributed by atoms with Crippen LogP contribution >= 0.6 is 0 Å². The van der Waals surface area contributed by atoms with Gasteiger partial charge in [0.05, 0.1) is 12.2 Å². The van der Waals surface area contributed by atoms with Gasteiger partial charge >= 0.3 is 0 Å². The minimum absolute atomic E-state index is 0.0124. The Hall–Kier alpha value is -2.50. The molecule has 0 radical (unpaired) electrons. The van der Waals surface area contributed by atoms with Gasteiger partial charge in [0.2, 0.25) is 12.7 Å². The smallest absolute Gasteiger partial charge is 0.231 e. The fourth-order valence-corrected chi connectivity index (χ4v) is 4.09. The number of aromatic nitrogens is 2. The fourth-order valence-electron chi connectivity index (χ4n) is 4.09. The predicted octanol–water partition coefficient (Wildman–Crippen LogP) is 3.20. The van der Waals surface area contributed by atoms with E-state index in [0.717, 1.165) is 41.3 Å². The lowest BCUT2D eigenvalue weighted by Crippen LogP contribution is -2.25. The summed E-state index contributed by atoms with van der Waals surface area (Å²) in [5.41, 5.74) is 2.17. The SMILES string of the molecule is O=C1C[C@H](c2ccc3c(c2)OCO3)c2cnn(C3CCCC3)c2N1. The molecule has 6 heteroatoms. The van der Waals surface area contributed by atoms with Crippen molar-refractivity contribution < 1.29 is 14.3 Å². The van der Waals surface area contributed by atoms with E-state index in [0.29, 0.717) is 12.5 Å². The molecule has 1 N–H and O–H groups in total. The molecule has 1 aromatic heterocycles. The van der Waals surface area contributed by atoms with Gasteiger partial charge in [-0.05, 0) is 30.5 Å². The molecule has 0 saturated heterocycles. The zero-order valence-electron chi connectivity index (χ0n) is 13.3. The van der Waals surface area contributed by atoms with Gasteiger partial charge in [0.15, 0.2) is 11.5 Å². The number of carbonyl (C=O) groups is 1. The van der Waals surface area contributed by atoms with E-state index in [-0.39, 0.29) is 18.6 Å². The van der Waals surface area contributed by atoms with Crippen molar-refractivity contribution in [2.45, 2.75) is 44.1 Å². The molecule has 0 unspecified atom stereocenters. The normalized spacial score (nSPS) is 22.5. The summed E-state index contributed by atoms with van der Waals surface area (Å²) in [5.74, 6) is 2.45. The van der Waals surface area contributed by atoms with Crippen molar-refractivity contribution >= 4 is 11.7 Å². The van der Waals surface area contributed by atoms with E-state index in [1.165, 1.54) is 12.8 Å². The van der Waals surface area contributed by atoms with Crippen molar-refractivity contribution in [3.63, 3.8) is 0 Å². The molecule has 2 aromatic rings. The number of ether oxygens (including phenoxy) is 2. The number of anilines is 1. The van der Waals surface area contributed by atoms with Crippen molar-refractivity contribution in [3.05, 3.63) is 35.5 Å². The van der Waals surface area contributed by atoms with Crippen molar-refractivity contribution in [1.29, 1.82) is 0 Å².